The van der Waals surface area contributed by atoms with Crippen molar-refractivity contribution >= 4 is 16.0 Å². The summed E-state index contributed by atoms with van der Waals surface area (Å²) in [6, 6.07) is 4.06. The third-order valence-electron chi connectivity index (χ3n) is 3.08. The number of carbonyl (C=O) groups is 1. The molecule has 0 bridgehead atoms. The second-order valence-electron chi connectivity index (χ2n) is 4.79. The van der Waals surface area contributed by atoms with Crippen LogP contribution in [0.2, 0.25) is 0 Å². The zero-order valence-electron chi connectivity index (χ0n) is 12.0. The number of aromatic carboxylic acids is 1. The molecule has 2 N–H and O–H groups in total. The summed E-state index contributed by atoms with van der Waals surface area (Å²) in [5, 5.41) is 9.14. The summed E-state index contributed by atoms with van der Waals surface area (Å²) in [6.07, 6.45) is 2.15. The number of rotatable bonds is 7. The van der Waals surface area contributed by atoms with Crippen LogP contribution in [0, 0.1) is 0 Å². The van der Waals surface area contributed by atoms with Crippen molar-refractivity contribution in [1.29, 1.82) is 0 Å². The molecular formula is C14H21NO4S. The largest absolute Gasteiger partial charge is 0.478 e. The third kappa shape index (κ3) is 4.05. The van der Waals surface area contributed by atoms with E-state index in [0.717, 1.165) is 12.8 Å². The van der Waals surface area contributed by atoms with Gasteiger partial charge in [0.2, 0.25) is 10.0 Å². The Bertz CT molecular complexity index is 581. The highest BCUT2D eigenvalue weighted by molar-refractivity contribution is 7.89. The molecule has 1 aromatic carbocycles. The first-order valence-corrected chi connectivity index (χ1v) is 8.18. The Balaban J connectivity index is 3.13. The minimum atomic E-state index is -3.68. The number of carboxylic acids is 1. The molecule has 0 aliphatic heterocycles. The van der Waals surface area contributed by atoms with Crippen LogP contribution in [0.1, 0.15) is 49.5 Å². The summed E-state index contributed by atoms with van der Waals surface area (Å²) in [4.78, 5) is 11.2. The fraction of sp³-hybridized carbons (Fsp3) is 0.500. The molecule has 1 atom stereocenters. The predicted molar refractivity (Wildman–Crippen MR) is 77.5 cm³/mol. The average molecular weight is 299 g/mol. The van der Waals surface area contributed by atoms with Gasteiger partial charge in [0.1, 0.15) is 0 Å². The Labute approximate surface area is 120 Å². The van der Waals surface area contributed by atoms with Crippen LogP contribution in [-0.4, -0.2) is 25.5 Å². The standard InChI is InChI=1S/C14H21NO4S/c1-4-6-10(3)15-20(18,19)12-8-7-11(5-2)13(9-12)14(16)17/h7-10,15H,4-6H2,1-3H3,(H,16,17). The van der Waals surface area contributed by atoms with Crippen molar-refractivity contribution in [3.8, 4) is 0 Å². The molecule has 0 spiro atoms. The molecule has 0 aromatic heterocycles. The van der Waals surface area contributed by atoms with Crippen LogP contribution in [0.15, 0.2) is 23.1 Å². The van der Waals surface area contributed by atoms with Crippen molar-refractivity contribution in [3.05, 3.63) is 29.3 Å². The summed E-state index contributed by atoms with van der Waals surface area (Å²) >= 11 is 0. The van der Waals surface area contributed by atoms with Gasteiger partial charge in [-0.25, -0.2) is 17.9 Å². The van der Waals surface area contributed by atoms with Crippen LogP contribution in [0.25, 0.3) is 0 Å². The second kappa shape index (κ2) is 6.85. The van der Waals surface area contributed by atoms with E-state index in [4.69, 9.17) is 5.11 Å². The number of hydrogen-bond acceptors (Lipinski definition) is 3. The van der Waals surface area contributed by atoms with Crippen LogP contribution in [-0.2, 0) is 16.4 Å². The number of hydrogen-bond donors (Lipinski definition) is 2. The van der Waals surface area contributed by atoms with Gasteiger partial charge in [-0.2, -0.15) is 0 Å². The lowest BCUT2D eigenvalue weighted by Gasteiger charge is -2.14. The number of sulfonamides is 1. The molecule has 0 saturated carbocycles. The molecule has 5 nitrogen and oxygen atoms in total. The van der Waals surface area contributed by atoms with Gasteiger partial charge in [0.25, 0.3) is 0 Å². The van der Waals surface area contributed by atoms with Crippen LogP contribution < -0.4 is 4.72 Å². The van der Waals surface area contributed by atoms with Gasteiger partial charge >= 0.3 is 5.97 Å². The number of benzene rings is 1. The molecule has 0 saturated heterocycles. The van der Waals surface area contributed by atoms with Crippen molar-refractivity contribution in [2.24, 2.45) is 0 Å². The van der Waals surface area contributed by atoms with Gasteiger partial charge in [0, 0.05) is 6.04 Å². The lowest BCUT2D eigenvalue weighted by Crippen LogP contribution is -2.32. The maximum Gasteiger partial charge on any atom is 0.336 e. The fourth-order valence-electron chi connectivity index (χ4n) is 2.05. The fourth-order valence-corrected chi connectivity index (χ4v) is 3.36. The first kappa shape index (κ1) is 16.7. The van der Waals surface area contributed by atoms with Crippen LogP contribution in [0.4, 0.5) is 0 Å². The van der Waals surface area contributed by atoms with E-state index in [1.165, 1.54) is 12.1 Å². The predicted octanol–water partition coefficient (Wildman–Crippen LogP) is 2.41. The molecule has 1 aromatic rings. The molecule has 0 fully saturated rings. The van der Waals surface area contributed by atoms with E-state index >= 15 is 0 Å². The Morgan fingerprint density at radius 3 is 2.50 bits per heavy atom. The third-order valence-corrected chi connectivity index (χ3v) is 4.67. The van der Waals surface area contributed by atoms with E-state index in [1.807, 2.05) is 13.8 Å². The van der Waals surface area contributed by atoms with Gasteiger partial charge in [0.05, 0.1) is 10.5 Å². The Morgan fingerprint density at radius 1 is 1.35 bits per heavy atom. The number of carboxylic acid groups (broad SMARTS) is 1. The van der Waals surface area contributed by atoms with Gasteiger partial charge in [0.15, 0.2) is 0 Å². The highest BCUT2D eigenvalue weighted by Crippen LogP contribution is 2.17. The summed E-state index contributed by atoms with van der Waals surface area (Å²) < 4.78 is 26.9. The highest BCUT2D eigenvalue weighted by Gasteiger charge is 2.20. The molecule has 1 rings (SSSR count). The molecule has 0 heterocycles. The molecule has 0 radical (unpaired) electrons. The first-order valence-electron chi connectivity index (χ1n) is 6.70. The second-order valence-corrected chi connectivity index (χ2v) is 6.50. The van der Waals surface area contributed by atoms with E-state index in [-0.39, 0.29) is 16.5 Å². The molecule has 6 heteroatoms. The van der Waals surface area contributed by atoms with Gasteiger partial charge in [-0.05, 0) is 37.5 Å². The first-order chi connectivity index (χ1) is 9.31. The van der Waals surface area contributed by atoms with Crippen LogP contribution in [0.3, 0.4) is 0 Å². The Kier molecular flexibility index (Phi) is 5.71. The molecule has 20 heavy (non-hydrogen) atoms. The molecule has 0 aliphatic rings. The van der Waals surface area contributed by atoms with Crippen molar-refractivity contribution < 1.29 is 18.3 Å². The van der Waals surface area contributed by atoms with Crippen molar-refractivity contribution in [3.63, 3.8) is 0 Å². The van der Waals surface area contributed by atoms with Gasteiger partial charge in [-0.15, -0.1) is 0 Å². The van der Waals surface area contributed by atoms with E-state index < -0.39 is 16.0 Å². The average Bonchev–Trinajstić information content (AvgIpc) is 2.37. The van der Waals surface area contributed by atoms with Crippen LogP contribution >= 0.6 is 0 Å². The van der Waals surface area contributed by atoms with Crippen molar-refractivity contribution in [2.45, 2.75) is 51.0 Å². The quantitative estimate of drug-likeness (QED) is 0.810. The molecule has 0 aliphatic carbocycles. The number of aryl methyl sites for hydroxylation is 1. The number of nitrogens with one attached hydrogen (secondary N) is 1. The molecular weight excluding hydrogens is 278 g/mol. The molecule has 0 amide bonds. The van der Waals surface area contributed by atoms with E-state index in [2.05, 4.69) is 4.72 Å². The minimum Gasteiger partial charge on any atom is -0.478 e. The maximum absolute atomic E-state index is 12.2. The van der Waals surface area contributed by atoms with Crippen molar-refractivity contribution in [2.75, 3.05) is 0 Å². The smallest absolute Gasteiger partial charge is 0.336 e. The van der Waals surface area contributed by atoms with E-state index in [0.29, 0.717) is 12.0 Å². The highest BCUT2D eigenvalue weighted by atomic mass is 32.2. The molecule has 112 valence electrons. The summed E-state index contributed by atoms with van der Waals surface area (Å²) in [6.45, 7) is 5.60. The lowest BCUT2D eigenvalue weighted by atomic mass is 10.1. The minimum absolute atomic E-state index is 0.00458. The topological polar surface area (TPSA) is 83.5 Å². The van der Waals surface area contributed by atoms with Crippen molar-refractivity contribution in [1.82, 2.24) is 4.72 Å². The molecule has 1 unspecified atom stereocenters. The zero-order valence-corrected chi connectivity index (χ0v) is 12.8. The lowest BCUT2D eigenvalue weighted by molar-refractivity contribution is 0.0695. The monoisotopic (exact) mass is 299 g/mol. The van der Waals surface area contributed by atoms with E-state index in [1.54, 1.807) is 13.0 Å². The Hall–Kier alpha value is -1.40. The van der Waals surface area contributed by atoms with Crippen LogP contribution in [0.5, 0.6) is 0 Å². The normalized spacial score (nSPS) is 13.2. The Morgan fingerprint density at radius 2 is 2.00 bits per heavy atom. The maximum atomic E-state index is 12.2. The van der Waals surface area contributed by atoms with E-state index in [9.17, 15) is 13.2 Å². The zero-order chi connectivity index (χ0) is 15.3. The summed E-state index contributed by atoms with van der Waals surface area (Å²) in [5.41, 5.74) is 0.663. The summed E-state index contributed by atoms with van der Waals surface area (Å²) in [7, 11) is -3.68. The SMILES string of the molecule is CCCC(C)NS(=O)(=O)c1ccc(CC)c(C(=O)O)c1. The van der Waals surface area contributed by atoms with Gasteiger partial charge < -0.3 is 5.11 Å². The van der Waals surface area contributed by atoms with Gasteiger partial charge in [-0.3, -0.25) is 0 Å². The summed E-state index contributed by atoms with van der Waals surface area (Å²) in [5.74, 6) is -1.11. The van der Waals surface area contributed by atoms with Gasteiger partial charge in [-0.1, -0.05) is 26.3 Å².